The monoisotopic (exact) mass is 361 g/mol. The van der Waals surface area contributed by atoms with Gasteiger partial charge in [0, 0.05) is 34.8 Å². The zero-order valence-electron chi connectivity index (χ0n) is 14.7. The summed E-state index contributed by atoms with van der Waals surface area (Å²) >= 11 is 8.24. The molecule has 1 fully saturated rings. The van der Waals surface area contributed by atoms with E-state index in [1.165, 1.54) is 41.0 Å². The minimum atomic E-state index is 0.149. The topological polar surface area (TPSA) is 29.9 Å². The van der Waals surface area contributed by atoms with Gasteiger partial charge in [-0.1, -0.05) is 17.7 Å². The smallest absolute Gasteiger partial charge is 0.128 e. The summed E-state index contributed by atoms with van der Waals surface area (Å²) in [6, 6.07) is 6.29. The molecule has 24 heavy (non-hydrogen) atoms. The SMILES string of the molecule is Cc1cc(Cl)ccc1C1SC(C)(C)CNc2c1c(C1CC1)nn2C. The van der Waals surface area contributed by atoms with Gasteiger partial charge in [0.05, 0.1) is 10.9 Å². The number of aryl methyl sites for hydroxylation is 2. The molecule has 3 nitrogen and oxygen atoms in total. The van der Waals surface area contributed by atoms with Crippen molar-refractivity contribution < 1.29 is 0 Å². The Kier molecular flexibility index (Phi) is 3.88. The zero-order chi connectivity index (χ0) is 17.1. The van der Waals surface area contributed by atoms with Gasteiger partial charge in [0.15, 0.2) is 0 Å². The van der Waals surface area contributed by atoms with Crippen molar-refractivity contribution >= 4 is 29.2 Å². The van der Waals surface area contributed by atoms with Crippen LogP contribution in [-0.2, 0) is 7.05 Å². The molecule has 1 aliphatic carbocycles. The third-order valence-corrected chi connectivity index (χ3v) is 6.71. The summed E-state index contributed by atoms with van der Waals surface area (Å²) in [6.45, 7) is 7.75. The molecule has 1 aromatic heterocycles. The molecule has 0 saturated heterocycles. The van der Waals surface area contributed by atoms with Crippen LogP contribution >= 0.6 is 23.4 Å². The fourth-order valence-corrected chi connectivity index (χ4v) is 5.32. The largest absolute Gasteiger partial charge is 0.369 e. The van der Waals surface area contributed by atoms with Crippen molar-refractivity contribution in [2.75, 3.05) is 11.9 Å². The standard InChI is InChI=1S/C19H24ClN3S/c1-11-9-13(20)7-8-14(11)17-15-16(12-5-6-12)22-23(4)18(15)21-10-19(2,3)24-17/h7-9,12,17,21H,5-6,10H2,1-4H3. The first-order valence-corrected chi connectivity index (χ1v) is 9.86. The lowest BCUT2D eigenvalue weighted by Gasteiger charge is -2.27. The highest BCUT2D eigenvalue weighted by atomic mass is 35.5. The number of nitrogens with zero attached hydrogens (tertiary/aromatic N) is 2. The summed E-state index contributed by atoms with van der Waals surface area (Å²) in [4.78, 5) is 0. The maximum absolute atomic E-state index is 6.20. The Hall–Kier alpha value is -1.13. The van der Waals surface area contributed by atoms with Gasteiger partial charge in [-0.2, -0.15) is 5.10 Å². The van der Waals surface area contributed by atoms with Crippen molar-refractivity contribution in [3.05, 3.63) is 45.6 Å². The summed E-state index contributed by atoms with van der Waals surface area (Å²) in [7, 11) is 2.06. The molecule has 2 aliphatic rings. The minimum Gasteiger partial charge on any atom is -0.369 e. The van der Waals surface area contributed by atoms with Crippen LogP contribution in [0.1, 0.15) is 60.2 Å². The predicted octanol–water partition coefficient (Wildman–Crippen LogP) is 5.29. The molecule has 1 saturated carbocycles. The fourth-order valence-electron chi connectivity index (χ4n) is 3.56. The maximum Gasteiger partial charge on any atom is 0.128 e. The quantitative estimate of drug-likeness (QED) is 0.788. The van der Waals surface area contributed by atoms with E-state index in [4.69, 9.17) is 16.7 Å². The molecule has 5 heteroatoms. The van der Waals surface area contributed by atoms with Gasteiger partial charge in [-0.25, -0.2) is 0 Å². The summed E-state index contributed by atoms with van der Waals surface area (Å²) < 4.78 is 2.19. The Morgan fingerprint density at radius 2 is 2.08 bits per heavy atom. The van der Waals surface area contributed by atoms with Crippen LogP contribution in [0.25, 0.3) is 0 Å². The lowest BCUT2D eigenvalue weighted by molar-refractivity contribution is 0.715. The number of hydrogen-bond donors (Lipinski definition) is 1. The van der Waals surface area contributed by atoms with E-state index in [1.807, 2.05) is 22.5 Å². The molecule has 0 bridgehead atoms. The van der Waals surface area contributed by atoms with E-state index in [0.29, 0.717) is 11.2 Å². The molecule has 0 spiro atoms. The van der Waals surface area contributed by atoms with Crippen LogP contribution in [0, 0.1) is 6.92 Å². The van der Waals surface area contributed by atoms with Crippen LogP contribution in [0.3, 0.4) is 0 Å². The molecule has 2 heterocycles. The van der Waals surface area contributed by atoms with Gasteiger partial charge in [0.25, 0.3) is 0 Å². The first-order chi connectivity index (χ1) is 11.4. The Bertz CT molecular complexity index is 792. The van der Waals surface area contributed by atoms with Crippen molar-refractivity contribution in [3.63, 3.8) is 0 Å². The molecule has 1 aromatic carbocycles. The Morgan fingerprint density at radius 1 is 1.33 bits per heavy atom. The van der Waals surface area contributed by atoms with E-state index < -0.39 is 0 Å². The first kappa shape index (κ1) is 16.3. The number of halogens is 1. The second-order valence-electron chi connectivity index (χ2n) is 7.66. The maximum atomic E-state index is 6.20. The molecular formula is C19H24ClN3S. The van der Waals surface area contributed by atoms with Gasteiger partial charge in [0.1, 0.15) is 5.82 Å². The lowest BCUT2D eigenvalue weighted by Crippen LogP contribution is -2.26. The number of benzene rings is 1. The van der Waals surface area contributed by atoms with Crippen LogP contribution < -0.4 is 5.32 Å². The van der Waals surface area contributed by atoms with Crippen LogP contribution in [0.15, 0.2) is 18.2 Å². The molecule has 2 aromatic rings. The number of rotatable bonds is 2. The van der Waals surface area contributed by atoms with Gasteiger partial charge in [-0.3, -0.25) is 4.68 Å². The molecule has 0 radical (unpaired) electrons. The zero-order valence-corrected chi connectivity index (χ0v) is 16.3. The molecule has 1 aliphatic heterocycles. The van der Waals surface area contributed by atoms with E-state index in [-0.39, 0.29) is 4.75 Å². The number of nitrogens with one attached hydrogen (secondary N) is 1. The van der Waals surface area contributed by atoms with Crippen LogP contribution in [-0.4, -0.2) is 21.1 Å². The highest BCUT2D eigenvalue weighted by Gasteiger charge is 2.39. The van der Waals surface area contributed by atoms with E-state index in [9.17, 15) is 0 Å². The molecule has 128 valence electrons. The van der Waals surface area contributed by atoms with Crippen LogP contribution in [0.5, 0.6) is 0 Å². The predicted molar refractivity (Wildman–Crippen MR) is 103 cm³/mol. The number of anilines is 1. The summed E-state index contributed by atoms with van der Waals surface area (Å²) in [5.74, 6) is 1.83. The van der Waals surface area contributed by atoms with Crippen molar-refractivity contribution in [2.45, 2.75) is 49.5 Å². The summed E-state index contributed by atoms with van der Waals surface area (Å²) in [6.07, 6.45) is 2.54. The average molecular weight is 362 g/mol. The molecule has 1 atom stereocenters. The Morgan fingerprint density at radius 3 is 2.75 bits per heavy atom. The van der Waals surface area contributed by atoms with Crippen molar-refractivity contribution in [2.24, 2.45) is 7.05 Å². The normalized spacial score (nSPS) is 22.6. The minimum absolute atomic E-state index is 0.149. The number of aromatic nitrogens is 2. The van der Waals surface area contributed by atoms with Crippen molar-refractivity contribution in [1.29, 1.82) is 0 Å². The second-order valence-corrected chi connectivity index (χ2v) is 9.91. The van der Waals surface area contributed by atoms with Crippen LogP contribution in [0.4, 0.5) is 5.82 Å². The second kappa shape index (κ2) is 5.70. The summed E-state index contributed by atoms with van der Waals surface area (Å²) in [5.41, 5.74) is 5.30. The van der Waals surface area contributed by atoms with Crippen molar-refractivity contribution in [1.82, 2.24) is 9.78 Å². The molecule has 1 N–H and O–H groups in total. The summed E-state index contributed by atoms with van der Waals surface area (Å²) in [5, 5.41) is 9.66. The Balaban J connectivity index is 1.90. The van der Waals surface area contributed by atoms with Crippen molar-refractivity contribution in [3.8, 4) is 0 Å². The van der Waals surface area contributed by atoms with E-state index in [1.54, 1.807) is 0 Å². The van der Waals surface area contributed by atoms with E-state index in [2.05, 4.69) is 45.3 Å². The molecule has 1 unspecified atom stereocenters. The van der Waals surface area contributed by atoms with Gasteiger partial charge >= 0.3 is 0 Å². The Labute approximate surface area is 153 Å². The van der Waals surface area contributed by atoms with Gasteiger partial charge in [-0.05, 0) is 56.9 Å². The first-order valence-electron chi connectivity index (χ1n) is 8.60. The number of hydrogen-bond acceptors (Lipinski definition) is 3. The van der Waals surface area contributed by atoms with E-state index in [0.717, 1.165) is 11.6 Å². The molecule has 4 rings (SSSR count). The average Bonchev–Trinajstić information content (AvgIpc) is 3.29. The van der Waals surface area contributed by atoms with Gasteiger partial charge in [-0.15, -0.1) is 11.8 Å². The van der Waals surface area contributed by atoms with Gasteiger partial charge in [0.2, 0.25) is 0 Å². The number of fused-ring (bicyclic) bond motifs is 1. The van der Waals surface area contributed by atoms with E-state index >= 15 is 0 Å². The highest BCUT2D eigenvalue weighted by Crippen LogP contribution is 2.53. The third kappa shape index (κ3) is 2.84. The highest BCUT2D eigenvalue weighted by molar-refractivity contribution is 8.01. The molecule has 0 amide bonds. The molecular weight excluding hydrogens is 338 g/mol. The third-order valence-electron chi connectivity index (χ3n) is 4.97. The lowest BCUT2D eigenvalue weighted by atomic mass is 9.98. The van der Waals surface area contributed by atoms with Gasteiger partial charge < -0.3 is 5.32 Å². The number of thioether (sulfide) groups is 1. The van der Waals surface area contributed by atoms with Crippen LogP contribution in [0.2, 0.25) is 5.02 Å². The fraction of sp³-hybridized carbons (Fsp3) is 0.526.